The predicted molar refractivity (Wildman–Crippen MR) is 85.8 cm³/mol. The number of esters is 1. The highest BCUT2D eigenvalue weighted by Crippen LogP contribution is 2.16. The Hall–Kier alpha value is -3.07. The average Bonchev–Trinajstić information content (AvgIpc) is 2.56. The quantitative estimate of drug-likeness (QED) is 0.860. The molecule has 0 unspecified atom stereocenters. The lowest BCUT2D eigenvalue weighted by Crippen LogP contribution is -2.29. The van der Waals surface area contributed by atoms with Crippen LogP contribution in [0.3, 0.4) is 0 Å². The number of hydrogen-bond donors (Lipinski definition) is 1. The van der Waals surface area contributed by atoms with Gasteiger partial charge in [0.05, 0.1) is 18.7 Å². The monoisotopic (exact) mass is 311 g/mol. The largest absolute Gasteiger partial charge is 0.468 e. The summed E-state index contributed by atoms with van der Waals surface area (Å²) in [5.74, 6) is -0.505. The van der Waals surface area contributed by atoms with Gasteiger partial charge < -0.3 is 10.5 Å². The van der Waals surface area contributed by atoms with Crippen molar-refractivity contribution in [3.05, 3.63) is 63.1 Å². The van der Waals surface area contributed by atoms with Crippen molar-refractivity contribution >= 4 is 11.7 Å². The Morgan fingerprint density at radius 1 is 1.35 bits per heavy atom. The van der Waals surface area contributed by atoms with Crippen LogP contribution in [0, 0.1) is 18.3 Å². The number of anilines is 1. The number of nitrogens with two attached hydrogens (primary N) is 1. The number of methoxy groups -OCH3 is 1. The van der Waals surface area contributed by atoms with E-state index in [9.17, 15) is 9.59 Å². The molecule has 1 aromatic heterocycles. The minimum atomic E-state index is -0.505. The first-order valence-electron chi connectivity index (χ1n) is 7.01. The summed E-state index contributed by atoms with van der Waals surface area (Å²) in [6.45, 7) is 1.58. The third kappa shape index (κ3) is 3.58. The molecular weight excluding hydrogens is 294 g/mol. The SMILES string of the molecule is COC(=O)Cn1c(C)cc(Cc2ccc(C#N)cc2)c(N)c1=O. The Balaban J connectivity index is 2.35. The number of hydrogen-bond acceptors (Lipinski definition) is 5. The molecule has 0 saturated heterocycles. The number of nitrogens with zero attached hydrogens (tertiary/aromatic N) is 2. The van der Waals surface area contributed by atoms with Crippen LogP contribution in [0.15, 0.2) is 35.1 Å². The highest BCUT2D eigenvalue weighted by atomic mass is 16.5. The van der Waals surface area contributed by atoms with Gasteiger partial charge in [-0.05, 0) is 42.7 Å². The smallest absolute Gasteiger partial charge is 0.325 e. The standard InChI is InChI=1S/C17H17N3O3/c1-11-7-14(8-12-3-5-13(9-18)6-4-12)16(19)17(22)20(11)10-15(21)23-2/h3-7H,8,10,19H2,1-2H3. The van der Waals surface area contributed by atoms with E-state index in [4.69, 9.17) is 11.0 Å². The number of rotatable bonds is 4. The van der Waals surface area contributed by atoms with Crippen molar-refractivity contribution in [3.63, 3.8) is 0 Å². The van der Waals surface area contributed by atoms with Gasteiger partial charge in [-0.25, -0.2) is 0 Å². The molecule has 2 rings (SSSR count). The van der Waals surface area contributed by atoms with Crippen LogP contribution < -0.4 is 11.3 Å². The van der Waals surface area contributed by atoms with Crippen LogP contribution in [0.4, 0.5) is 5.69 Å². The molecule has 0 atom stereocenters. The predicted octanol–water partition coefficient (Wildman–Crippen LogP) is 1.37. The fourth-order valence-corrected chi connectivity index (χ4v) is 2.30. The lowest BCUT2D eigenvalue weighted by atomic mass is 10.0. The molecule has 1 heterocycles. The molecule has 0 amide bonds. The molecule has 0 radical (unpaired) electrons. The van der Waals surface area contributed by atoms with Crippen molar-refractivity contribution in [2.45, 2.75) is 19.9 Å². The van der Waals surface area contributed by atoms with Crippen molar-refractivity contribution in [2.24, 2.45) is 0 Å². The van der Waals surface area contributed by atoms with Gasteiger partial charge in [0.2, 0.25) is 0 Å². The van der Waals surface area contributed by atoms with E-state index < -0.39 is 11.5 Å². The first-order valence-corrected chi connectivity index (χ1v) is 7.01. The van der Waals surface area contributed by atoms with Crippen LogP contribution >= 0.6 is 0 Å². The van der Waals surface area contributed by atoms with E-state index in [1.54, 1.807) is 25.1 Å². The molecule has 0 bridgehead atoms. The summed E-state index contributed by atoms with van der Waals surface area (Å²) in [5.41, 5.74) is 8.50. The fraction of sp³-hybridized carbons (Fsp3) is 0.235. The maximum atomic E-state index is 12.3. The molecule has 118 valence electrons. The molecule has 0 aliphatic heterocycles. The molecule has 2 aromatic rings. The summed E-state index contributed by atoms with van der Waals surface area (Å²) in [5, 5.41) is 8.81. The van der Waals surface area contributed by atoms with Gasteiger partial charge in [0.15, 0.2) is 0 Å². The first-order chi connectivity index (χ1) is 11.0. The summed E-state index contributed by atoms with van der Waals surface area (Å²) in [4.78, 5) is 23.7. The Bertz CT molecular complexity index is 830. The van der Waals surface area contributed by atoms with E-state index in [0.29, 0.717) is 23.2 Å². The topological polar surface area (TPSA) is 98.1 Å². The minimum Gasteiger partial charge on any atom is -0.468 e. The molecule has 2 N–H and O–H groups in total. The second-order valence-electron chi connectivity index (χ2n) is 5.18. The number of aromatic nitrogens is 1. The maximum Gasteiger partial charge on any atom is 0.325 e. The Labute approximate surface area is 133 Å². The zero-order chi connectivity index (χ0) is 17.0. The lowest BCUT2D eigenvalue weighted by Gasteiger charge is -2.13. The number of benzene rings is 1. The number of nitriles is 1. The van der Waals surface area contributed by atoms with Crippen molar-refractivity contribution in [2.75, 3.05) is 12.8 Å². The summed E-state index contributed by atoms with van der Waals surface area (Å²) in [6.07, 6.45) is 0.479. The number of pyridine rings is 1. The van der Waals surface area contributed by atoms with Gasteiger partial charge in [0.25, 0.3) is 5.56 Å². The molecule has 0 aliphatic carbocycles. The van der Waals surface area contributed by atoms with Crippen molar-refractivity contribution in [1.82, 2.24) is 4.57 Å². The van der Waals surface area contributed by atoms with E-state index in [1.165, 1.54) is 11.7 Å². The number of aryl methyl sites for hydroxylation is 1. The van der Waals surface area contributed by atoms with Crippen LogP contribution in [0.25, 0.3) is 0 Å². The second-order valence-corrected chi connectivity index (χ2v) is 5.18. The summed E-state index contributed by atoms with van der Waals surface area (Å²) in [7, 11) is 1.27. The number of carbonyl (C=O) groups excluding carboxylic acids is 1. The van der Waals surface area contributed by atoms with Gasteiger partial charge in [-0.3, -0.25) is 14.2 Å². The molecule has 0 fully saturated rings. The van der Waals surface area contributed by atoms with Crippen LogP contribution in [-0.2, 0) is 22.5 Å². The van der Waals surface area contributed by atoms with E-state index >= 15 is 0 Å². The summed E-state index contributed by atoms with van der Waals surface area (Å²) >= 11 is 0. The third-order valence-electron chi connectivity index (χ3n) is 3.62. The maximum absolute atomic E-state index is 12.3. The number of carbonyl (C=O) groups is 1. The van der Waals surface area contributed by atoms with Gasteiger partial charge in [0.1, 0.15) is 12.2 Å². The van der Waals surface area contributed by atoms with Gasteiger partial charge in [-0.15, -0.1) is 0 Å². The Kier molecular flexibility index (Phi) is 4.82. The molecule has 6 heteroatoms. The van der Waals surface area contributed by atoms with Crippen molar-refractivity contribution in [3.8, 4) is 6.07 Å². The van der Waals surface area contributed by atoms with E-state index in [0.717, 1.165) is 5.56 Å². The number of ether oxygens (including phenoxy) is 1. The van der Waals surface area contributed by atoms with Gasteiger partial charge in [0, 0.05) is 5.69 Å². The van der Waals surface area contributed by atoms with Crippen LogP contribution in [0.1, 0.15) is 22.4 Å². The fourth-order valence-electron chi connectivity index (χ4n) is 2.30. The normalized spacial score (nSPS) is 10.1. The molecule has 0 saturated carbocycles. The zero-order valence-electron chi connectivity index (χ0n) is 13.0. The molecular formula is C17H17N3O3. The molecule has 0 spiro atoms. The van der Waals surface area contributed by atoms with Gasteiger partial charge >= 0.3 is 5.97 Å². The van der Waals surface area contributed by atoms with Crippen molar-refractivity contribution < 1.29 is 9.53 Å². The minimum absolute atomic E-state index is 0.115. The van der Waals surface area contributed by atoms with E-state index in [-0.39, 0.29) is 12.2 Å². The number of nitrogen functional groups attached to an aromatic ring is 1. The average molecular weight is 311 g/mol. The molecule has 23 heavy (non-hydrogen) atoms. The highest BCUT2D eigenvalue weighted by Gasteiger charge is 2.13. The van der Waals surface area contributed by atoms with E-state index in [2.05, 4.69) is 10.8 Å². The molecule has 1 aromatic carbocycles. The second kappa shape index (κ2) is 6.79. The molecule has 0 aliphatic rings. The summed E-state index contributed by atoms with van der Waals surface area (Å²) < 4.78 is 5.88. The summed E-state index contributed by atoms with van der Waals surface area (Å²) in [6, 6.07) is 10.9. The lowest BCUT2D eigenvalue weighted by molar-refractivity contribution is -0.141. The molecule has 6 nitrogen and oxygen atoms in total. The van der Waals surface area contributed by atoms with Crippen molar-refractivity contribution in [1.29, 1.82) is 5.26 Å². The zero-order valence-corrected chi connectivity index (χ0v) is 13.0. The van der Waals surface area contributed by atoms with Gasteiger partial charge in [-0.2, -0.15) is 5.26 Å². The highest BCUT2D eigenvalue weighted by molar-refractivity contribution is 5.69. The van der Waals surface area contributed by atoms with E-state index in [1.807, 2.05) is 12.1 Å². The third-order valence-corrected chi connectivity index (χ3v) is 3.62. The van der Waals surface area contributed by atoms with Crippen LogP contribution in [-0.4, -0.2) is 17.6 Å². The first kappa shape index (κ1) is 16.3. The Morgan fingerprint density at radius 2 is 2.00 bits per heavy atom. The van der Waals surface area contributed by atoms with Crippen LogP contribution in [0.5, 0.6) is 0 Å². The Morgan fingerprint density at radius 3 is 2.57 bits per heavy atom. The van der Waals surface area contributed by atoms with Crippen LogP contribution in [0.2, 0.25) is 0 Å². The van der Waals surface area contributed by atoms with Gasteiger partial charge in [-0.1, -0.05) is 12.1 Å².